The third-order valence-electron chi connectivity index (χ3n) is 3.78. The Morgan fingerprint density at radius 1 is 1.26 bits per heavy atom. The van der Waals surface area contributed by atoms with Gasteiger partial charge in [-0.25, -0.2) is 0 Å². The van der Waals surface area contributed by atoms with Crippen molar-refractivity contribution >= 4 is 5.69 Å². The molecule has 100 valence electrons. The molecule has 0 spiro atoms. The van der Waals surface area contributed by atoms with Gasteiger partial charge in [-0.15, -0.1) is 0 Å². The van der Waals surface area contributed by atoms with Gasteiger partial charge < -0.3 is 10.0 Å². The van der Waals surface area contributed by atoms with Crippen LogP contribution in [0.5, 0.6) is 0 Å². The first-order valence-corrected chi connectivity index (χ1v) is 6.67. The summed E-state index contributed by atoms with van der Waals surface area (Å²) >= 11 is 0. The molecule has 0 saturated heterocycles. The van der Waals surface area contributed by atoms with E-state index in [2.05, 4.69) is 29.2 Å². The van der Waals surface area contributed by atoms with Crippen LogP contribution in [0.1, 0.15) is 29.3 Å². The van der Waals surface area contributed by atoms with Crippen molar-refractivity contribution in [3.63, 3.8) is 0 Å². The highest BCUT2D eigenvalue weighted by Gasteiger charge is 2.18. The van der Waals surface area contributed by atoms with Gasteiger partial charge in [0.05, 0.1) is 5.69 Å². The Labute approximate surface area is 113 Å². The summed E-state index contributed by atoms with van der Waals surface area (Å²) in [6.45, 7) is 1.11. The van der Waals surface area contributed by atoms with E-state index in [1.165, 1.54) is 17.7 Å². The highest BCUT2D eigenvalue weighted by atomic mass is 16.3. The Morgan fingerprint density at radius 2 is 2.11 bits per heavy atom. The van der Waals surface area contributed by atoms with Gasteiger partial charge in [0.15, 0.2) is 0 Å². The van der Waals surface area contributed by atoms with Gasteiger partial charge in [0.2, 0.25) is 0 Å². The van der Waals surface area contributed by atoms with Crippen molar-refractivity contribution < 1.29 is 5.11 Å². The highest BCUT2D eigenvalue weighted by molar-refractivity contribution is 5.56. The fourth-order valence-electron chi connectivity index (χ4n) is 2.72. The van der Waals surface area contributed by atoms with Crippen molar-refractivity contribution in [1.29, 1.82) is 0 Å². The van der Waals surface area contributed by atoms with Crippen LogP contribution in [0.25, 0.3) is 0 Å². The monoisotopic (exact) mass is 257 g/mol. The maximum Gasteiger partial charge on any atom is 0.123 e. The predicted molar refractivity (Wildman–Crippen MR) is 75.3 cm³/mol. The molecule has 1 aromatic carbocycles. The molecular weight excluding hydrogens is 238 g/mol. The lowest BCUT2D eigenvalue weighted by Crippen LogP contribution is -2.24. The quantitative estimate of drug-likeness (QED) is 0.893. The van der Waals surface area contributed by atoms with Crippen LogP contribution in [0.15, 0.2) is 30.5 Å². The molecule has 1 aliphatic heterocycles. The Balaban J connectivity index is 1.93. The molecule has 0 aliphatic carbocycles. The summed E-state index contributed by atoms with van der Waals surface area (Å²) in [7, 11) is 3.98. The smallest absolute Gasteiger partial charge is 0.123 e. The predicted octanol–water partition coefficient (Wildman–Crippen LogP) is 1.88. The second kappa shape index (κ2) is 4.70. The second-order valence-electron chi connectivity index (χ2n) is 5.23. The zero-order valence-electron chi connectivity index (χ0n) is 11.4. The molecule has 4 heteroatoms. The Hall–Kier alpha value is -1.81. The number of rotatable bonds is 2. The molecule has 0 bridgehead atoms. The molecule has 1 atom stereocenters. The summed E-state index contributed by atoms with van der Waals surface area (Å²) in [5.74, 6) is 0. The minimum absolute atomic E-state index is 0.640. The molecule has 1 aliphatic rings. The molecule has 1 N–H and O–H groups in total. The Morgan fingerprint density at radius 3 is 2.84 bits per heavy atom. The SMILES string of the molecule is CN1CCCc2cc(C(O)c3ccn(C)n3)ccc21. The van der Waals surface area contributed by atoms with E-state index in [4.69, 9.17) is 0 Å². The van der Waals surface area contributed by atoms with Gasteiger partial charge >= 0.3 is 0 Å². The van der Waals surface area contributed by atoms with Crippen LogP contribution in [0, 0.1) is 0 Å². The summed E-state index contributed by atoms with van der Waals surface area (Å²) in [6, 6.07) is 8.08. The van der Waals surface area contributed by atoms with Crippen LogP contribution in [0.3, 0.4) is 0 Å². The first-order valence-electron chi connectivity index (χ1n) is 6.67. The van der Waals surface area contributed by atoms with Gasteiger partial charge in [0.1, 0.15) is 6.10 Å². The highest BCUT2D eigenvalue weighted by Crippen LogP contribution is 2.30. The van der Waals surface area contributed by atoms with Crippen LogP contribution < -0.4 is 4.90 Å². The van der Waals surface area contributed by atoms with Gasteiger partial charge in [-0.1, -0.05) is 12.1 Å². The first-order chi connectivity index (χ1) is 9.15. The van der Waals surface area contributed by atoms with Crippen molar-refractivity contribution in [3.8, 4) is 0 Å². The molecular formula is C15H19N3O. The third kappa shape index (κ3) is 2.24. The lowest BCUT2D eigenvalue weighted by Gasteiger charge is -2.28. The minimum atomic E-state index is -0.640. The third-order valence-corrected chi connectivity index (χ3v) is 3.78. The zero-order valence-corrected chi connectivity index (χ0v) is 11.4. The number of aliphatic hydroxyl groups excluding tert-OH is 1. The molecule has 19 heavy (non-hydrogen) atoms. The topological polar surface area (TPSA) is 41.3 Å². The normalized spacial score (nSPS) is 16.3. The number of aliphatic hydroxyl groups is 1. The van der Waals surface area contributed by atoms with Crippen molar-refractivity contribution in [2.24, 2.45) is 7.05 Å². The molecule has 2 heterocycles. The van der Waals surface area contributed by atoms with E-state index >= 15 is 0 Å². The maximum atomic E-state index is 10.4. The van der Waals surface area contributed by atoms with Crippen molar-refractivity contribution in [2.75, 3.05) is 18.5 Å². The summed E-state index contributed by atoms with van der Waals surface area (Å²) in [5, 5.41) is 14.7. The number of aryl methyl sites for hydroxylation is 2. The summed E-state index contributed by atoms with van der Waals surface area (Å²) in [5.41, 5.74) is 4.23. The largest absolute Gasteiger partial charge is 0.382 e. The lowest BCUT2D eigenvalue weighted by molar-refractivity contribution is 0.214. The molecule has 0 fully saturated rings. The fraction of sp³-hybridized carbons (Fsp3) is 0.400. The van der Waals surface area contributed by atoms with Crippen molar-refractivity contribution in [1.82, 2.24) is 9.78 Å². The molecule has 1 aromatic heterocycles. The van der Waals surface area contributed by atoms with Crippen LogP contribution >= 0.6 is 0 Å². The molecule has 0 amide bonds. The molecule has 2 aromatic rings. The van der Waals surface area contributed by atoms with Crippen molar-refractivity contribution in [3.05, 3.63) is 47.3 Å². The van der Waals surface area contributed by atoms with E-state index in [1.807, 2.05) is 25.4 Å². The van der Waals surface area contributed by atoms with E-state index in [0.29, 0.717) is 5.69 Å². The maximum absolute atomic E-state index is 10.4. The van der Waals surface area contributed by atoms with Crippen LogP contribution in [0.4, 0.5) is 5.69 Å². The molecule has 0 radical (unpaired) electrons. The second-order valence-corrected chi connectivity index (χ2v) is 5.23. The Bertz CT molecular complexity index is 591. The number of benzene rings is 1. The lowest BCUT2D eigenvalue weighted by atomic mass is 9.97. The van der Waals surface area contributed by atoms with E-state index in [0.717, 1.165) is 18.5 Å². The van der Waals surface area contributed by atoms with Crippen LogP contribution in [0.2, 0.25) is 0 Å². The minimum Gasteiger partial charge on any atom is -0.382 e. The summed E-state index contributed by atoms with van der Waals surface area (Å²) in [4.78, 5) is 2.27. The number of nitrogens with zero attached hydrogens (tertiary/aromatic N) is 3. The van der Waals surface area contributed by atoms with Gasteiger partial charge in [-0.2, -0.15) is 5.10 Å². The fourth-order valence-corrected chi connectivity index (χ4v) is 2.72. The number of anilines is 1. The number of aromatic nitrogens is 2. The average Bonchev–Trinajstić information content (AvgIpc) is 2.84. The number of hydrogen-bond donors (Lipinski definition) is 1. The van der Waals surface area contributed by atoms with Gasteiger partial charge in [-0.3, -0.25) is 4.68 Å². The van der Waals surface area contributed by atoms with E-state index in [-0.39, 0.29) is 0 Å². The van der Waals surface area contributed by atoms with Gasteiger partial charge in [0.25, 0.3) is 0 Å². The number of hydrogen-bond acceptors (Lipinski definition) is 3. The van der Waals surface area contributed by atoms with E-state index in [1.54, 1.807) is 4.68 Å². The van der Waals surface area contributed by atoms with E-state index in [9.17, 15) is 5.11 Å². The summed E-state index contributed by atoms with van der Waals surface area (Å²) in [6.07, 6.45) is 3.47. The molecule has 3 rings (SSSR count). The van der Waals surface area contributed by atoms with Gasteiger partial charge in [-0.05, 0) is 36.1 Å². The van der Waals surface area contributed by atoms with Crippen LogP contribution in [-0.2, 0) is 13.5 Å². The summed E-state index contributed by atoms with van der Waals surface area (Å²) < 4.78 is 1.71. The number of fused-ring (bicyclic) bond motifs is 1. The Kier molecular flexibility index (Phi) is 3.03. The standard InChI is InChI=1S/C15H19N3O/c1-17-8-3-4-11-10-12(5-6-14(11)17)15(19)13-7-9-18(2)16-13/h5-7,9-10,15,19H,3-4,8H2,1-2H3. The van der Waals surface area contributed by atoms with E-state index < -0.39 is 6.10 Å². The van der Waals surface area contributed by atoms with Crippen LogP contribution in [-0.4, -0.2) is 28.5 Å². The average molecular weight is 257 g/mol. The molecule has 4 nitrogen and oxygen atoms in total. The zero-order chi connectivity index (χ0) is 13.4. The van der Waals surface area contributed by atoms with Gasteiger partial charge in [0, 0.05) is 32.5 Å². The van der Waals surface area contributed by atoms with Crippen molar-refractivity contribution in [2.45, 2.75) is 18.9 Å². The first kappa shape index (κ1) is 12.2. The molecule has 1 unspecified atom stereocenters. The molecule has 0 saturated carbocycles.